The molecule has 0 fully saturated rings. The predicted octanol–water partition coefficient (Wildman–Crippen LogP) is 3.04. The number of nitrogens with zero attached hydrogens (tertiary/aromatic N) is 2. The van der Waals surface area contributed by atoms with Crippen LogP contribution in [0.1, 0.15) is 52.8 Å². The van der Waals surface area contributed by atoms with Crippen LogP contribution in [0.5, 0.6) is 0 Å². The first-order chi connectivity index (χ1) is 10.0. The minimum Gasteiger partial charge on any atom is -0.391 e. The first-order valence-electron chi connectivity index (χ1n) is 7.33. The molecule has 0 bridgehead atoms. The summed E-state index contributed by atoms with van der Waals surface area (Å²) in [6.07, 6.45) is 4.80. The maximum atomic E-state index is 9.56. The minimum absolute atomic E-state index is 0.132. The van der Waals surface area contributed by atoms with Crippen molar-refractivity contribution in [3.63, 3.8) is 0 Å². The number of hydrogen-bond donors (Lipinski definition) is 3. The number of methoxy groups -OCH3 is 1. The maximum absolute atomic E-state index is 9.56. The lowest BCUT2D eigenvalue weighted by molar-refractivity contribution is 0.0537. The van der Waals surface area contributed by atoms with Crippen LogP contribution in [-0.4, -0.2) is 34.9 Å². The topological polar surface area (TPSA) is 67.3 Å². The largest absolute Gasteiger partial charge is 0.391 e. The maximum Gasteiger partial charge on any atom is 0.0792 e. The lowest BCUT2D eigenvalue weighted by Gasteiger charge is -2.17. The van der Waals surface area contributed by atoms with E-state index in [0.29, 0.717) is 13.0 Å². The van der Waals surface area contributed by atoms with Crippen LogP contribution >= 0.6 is 12.8 Å². The molecule has 0 radical (unpaired) electrons. The summed E-state index contributed by atoms with van der Waals surface area (Å²) < 4.78 is 7.63. The van der Waals surface area contributed by atoms with Crippen molar-refractivity contribution in [3.05, 3.63) is 24.3 Å². The fourth-order valence-corrected chi connectivity index (χ4v) is 1.50. The quantitative estimate of drug-likeness (QED) is 0.704. The van der Waals surface area contributed by atoms with E-state index in [0.717, 1.165) is 11.6 Å². The Balaban J connectivity index is 0. The molecule has 2 unspecified atom stereocenters. The van der Waals surface area contributed by atoms with Gasteiger partial charge in [0.05, 0.1) is 24.4 Å². The van der Waals surface area contributed by atoms with Gasteiger partial charge in [0.25, 0.3) is 0 Å². The van der Waals surface area contributed by atoms with Crippen molar-refractivity contribution in [2.24, 2.45) is 5.92 Å². The van der Waals surface area contributed by atoms with E-state index in [1.165, 1.54) is 0 Å². The van der Waals surface area contributed by atoms with Gasteiger partial charge in [0, 0.05) is 25.7 Å². The van der Waals surface area contributed by atoms with Crippen LogP contribution in [0.3, 0.4) is 0 Å². The van der Waals surface area contributed by atoms with Gasteiger partial charge in [-0.15, -0.1) is 0 Å². The molecule has 124 valence electrons. The average molecular weight is 317 g/mol. The van der Waals surface area contributed by atoms with E-state index in [1.807, 2.05) is 13.8 Å². The lowest BCUT2D eigenvalue weighted by atomic mass is 10.1. The molecule has 21 heavy (non-hydrogen) atoms. The van der Waals surface area contributed by atoms with Gasteiger partial charge in [-0.25, -0.2) is 0 Å². The van der Waals surface area contributed by atoms with Gasteiger partial charge in [-0.05, 0) is 12.3 Å². The standard InChI is InChI=1S/C9H15N3O2S.C4H10.C2H6/c1-14-6-7(13)4-8(12-15)9-5-10-2-3-11-9;1-4(2)3;1-2/h2-3,5,7-8,12-13,15H,4,6H2,1H3;4H,1-3H3;1-2H3. The molecule has 0 saturated carbocycles. The van der Waals surface area contributed by atoms with Gasteiger partial charge in [0.15, 0.2) is 0 Å². The SMILES string of the molecule is CC.CC(C)C.COCC(O)CC(NS)c1cnccn1. The first kappa shape index (κ1) is 22.6. The summed E-state index contributed by atoms with van der Waals surface area (Å²) in [4.78, 5) is 8.09. The molecule has 1 aromatic rings. The van der Waals surface area contributed by atoms with E-state index < -0.39 is 6.10 Å². The summed E-state index contributed by atoms with van der Waals surface area (Å²) in [5.41, 5.74) is 0.752. The summed E-state index contributed by atoms with van der Waals surface area (Å²) in [5, 5.41) is 9.56. The summed E-state index contributed by atoms with van der Waals surface area (Å²) in [6, 6.07) is -0.132. The summed E-state index contributed by atoms with van der Waals surface area (Å²) in [7, 11) is 1.55. The van der Waals surface area contributed by atoms with Crippen molar-refractivity contribution < 1.29 is 9.84 Å². The van der Waals surface area contributed by atoms with Crippen molar-refractivity contribution in [2.75, 3.05) is 13.7 Å². The van der Waals surface area contributed by atoms with Crippen LogP contribution in [0.15, 0.2) is 18.6 Å². The highest BCUT2D eigenvalue weighted by atomic mass is 32.1. The Bertz CT molecular complexity index is 310. The molecular formula is C15H31N3O2S. The fourth-order valence-electron chi connectivity index (χ4n) is 1.26. The second kappa shape index (κ2) is 15.7. The van der Waals surface area contributed by atoms with E-state index in [2.05, 4.69) is 48.3 Å². The number of aliphatic hydroxyl groups excluding tert-OH is 1. The van der Waals surface area contributed by atoms with Crippen molar-refractivity contribution in [2.45, 2.75) is 53.2 Å². The smallest absolute Gasteiger partial charge is 0.0792 e. The van der Waals surface area contributed by atoms with Crippen LogP contribution < -0.4 is 4.72 Å². The Morgan fingerprint density at radius 2 is 1.86 bits per heavy atom. The van der Waals surface area contributed by atoms with Crippen molar-refractivity contribution >= 4 is 12.8 Å². The molecule has 0 aliphatic carbocycles. The molecule has 0 spiro atoms. The highest BCUT2D eigenvalue weighted by Gasteiger charge is 2.16. The van der Waals surface area contributed by atoms with Crippen molar-refractivity contribution in [3.8, 4) is 0 Å². The average Bonchev–Trinajstić information content (AvgIpc) is 2.47. The van der Waals surface area contributed by atoms with E-state index in [9.17, 15) is 5.11 Å². The third kappa shape index (κ3) is 14.0. The molecular weight excluding hydrogens is 286 g/mol. The lowest BCUT2D eigenvalue weighted by Crippen LogP contribution is -2.23. The van der Waals surface area contributed by atoms with Gasteiger partial charge in [0.1, 0.15) is 0 Å². The Morgan fingerprint density at radius 1 is 1.29 bits per heavy atom. The Labute approximate surface area is 135 Å². The number of ether oxygens (including phenoxy) is 1. The first-order valence-corrected chi connectivity index (χ1v) is 7.78. The number of aromatic nitrogens is 2. The molecule has 1 heterocycles. The molecule has 1 rings (SSSR count). The molecule has 0 amide bonds. The number of hydrogen-bond acceptors (Lipinski definition) is 6. The van der Waals surface area contributed by atoms with Gasteiger partial charge >= 0.3 is 0 Å². The number of thiol groups is 1. The zero-order valence-electron chi connectivity index (χ0n) is 14.1. The summed E-state index contributed by atoms with van der Waals surface area (Å²) >= 11 is 4.00. The molecule has 6 heteroatoms. The van der Waals surface area contributed by atoms with Gasteiger partial charge in [-0.1, -0.05) is 47.4 Å². The summed E-state index contributed by atoms with van der Waals surface area (Å²) in [6.45, 7) is 10.8. The number of aliphatic hydroxyl groups is 1. The van der Waals surface area contributed by atoms with Crippen molar-refractivity contribution in [1.29, 1.82) is 0 Å². The number of nitrogens with one attached hydrogen (secondary N) is 1. The predicted molar refractivity (Wildman–Crippen MR) is 91.3 cm³/mol. The second-order valence-corrected chi connectivity index (χ2v) is 5.15. The monoisotopic (exact) mass is 317 g/mol. The van der Waals surface area contributed by atoms with E-state index in [1.54, 1.807) is 25.7 Å². The van der Waals surface area contributed by atoms with Crippen molar-refractivity contribution in [1.82, 2.24) is 14.7 Å². The Hall–Kier alpha value is -0.690. The highest BCUT2D eigenvalue weighted by Crippen LogP contribution is 2.16. The van der Waals surface area contributed by atoms with E-state index >= 15 is 0 Å². The van der Waals surface area contributed by atoms with E-state index in [-0.39, 0.29) is 6.04 Å². The Kier molecular flexibility index (Phi) is 16.9. The summed E-state index contributed by atoms with van der Waals surface area (Å²) in [5.74, 6) is 0.833. The number of rotatable bonds is 6. The molecule has 2 N–H and O–H groups in total. The Morgan fingerprint density at radius 3 is 2.24 bits per heavy atom. The van der Waals surface area contributed by atoms with Gasteiger partial charge < -0.3 is 9.84 Å². The van der Waals surface area contributed by atoms with Crippen LogP contribution in [0, 0.1) is 5.92 Å². The van der Waals surface area contributed by atoms with Crippen LogP contribution in [0.4, 0.5) is 0 Å². The molecule has 0 aliphatic heterocycles. The van der Waals surface area contributed by atoms with Crippen LogP contribution in [-0.2, 0) is 4.74 Å². The van der Waals surface area contributed by atoms with Crippen LogP contribution in [0.2, 0.25) is 0 Å². The molecule has 0 saturated heterocycles. The third-order valence-electron chi connectivity index (χ3n) is 1.96. The van der Waals surface area contributed by atoms with E-state index in [4.69, 9.17) is 4.74 Å². The molecule has 5 nitrogen and oxygen atoms in total. The zero-order chi connectivity index (χ0) is 16.7. The molecule has 2 atom stereocenters. The minimum atomic E-state index is -0.540. The zero-order valence-corrected chi connectivity index (χ0v) is 15.0. The molecule has 1 aromatic heterocycles. The second-order valence-electron chi connectivity index (χ2n) is 4.89. The molecule has 0 aliphatic rings. The van der Waals surface area contributed by atoms with Crippen LogP contribution in [0.25, 0.3) is 0 Å². The highest BCUT2D eigenvalue weighted by molar-refractivity contribution is 7.78. The fraction of sp³-hybridized carbons (Fsp3) is 0.733. The normalized spacial score (nSPS) is 12.6. The van der Waals surface area contributed by atoms with Gasteiger partial charge in [0.2, 0.25) is 0 Å². The van der Waals surface area contributed by atoms with Gasteiger partial charge in [-0.2, -0.15) is 0 Å². The molecule has 0 aromatic carbocycles. The third-order valence-corrected chi connectivity index (χ3v) is 2.27. The van der Waals surface area contributed by atoms with Gasteiger partial charge in [-0.3, -0.25) is 14.7 Å².